The molecule has 1 unspecified atom stereocenters. The number of hydrogen-bond acceptors (Lipinski definition) is 4. The van der Waals surface area contributed by atoms with E-state index in [-0.39, 0.29) is 18.2 Å². The summed E-state index contributed by atoms with van der Waals surface area (Å²) in [6.07, 6.45) is 1.14. The zero-order valence-corrected chi connectivity index (χ0v) is 10.6. The molecule has 1 N–H and O–H groups in total. The fraction of sp³-hybridized carbons (Fsp3) is 0.900. The van der Waals surface area contributed by atoms with Crippen LogP contribution in [-0.2, 0) is 4.79 Å². The molecule has 0 bridgehead atoms. The lowest BCUT2D eigenvalue weighted by Crippen LogP contribution is -2.15. The fourth-order valence-electron chi connectivity index (χ4n) is 1.32. The molecule has 0 rings (SSSR count). The quantitative estimate of drug-likeness (QED) is 0.293. The van der Waals surface area contributed by atoms with E-state index in [9.17, 15) is 9.90 Å². The molecule has 0 aromatic carbocycles. The Bertz CT molecular complexity index is 254. The highest BCUT2D eigenvalue weighted by molar-refractivity contribution is 7.99. The number of Topliss-reactive ketones (excluding diaryl/α,β-unsaturated/α-hetero) is 1. The Balaban J connectivity index is 3.58. The minimum absolute atomic E-state index is 0.118. The maximum atomic E-state index is 11.1. The minimum atomic E-state index is -0.585. The number of azide groups is 1. The van der Waals surface area contributed by atoms with Gasteiger partial charge in [0, 0.05) is 16.6 Å². The largest absolute Gasteiger partial charge is 0.392 e. The predicted octanol–water partition coefficient (Wildman–Crippen LogP) is 2.40. The second-order valence-electron chi connectivity index (χ2n) is 3.65. The lowest BCUT2D eigenvalue weighted by atomic mass is 10.00. The SMILES string of the molecule is CC[C@@H](CCSCC(O)CN=[N+]=[N-])C(C)=O. The second-order valence-corrected chi connectivity index (χ2v) is 4.80. The highest BCUT2D eigenvalue weighted by Crippen LogP contribution is 2.14. The minimum Gasteiger partial charge on any atom is -0.392 e. The molecule has 0 radical (unpaired) electrons. The molecule has 0 aliphatic rings. The molecule has 0 aliphatic heterocycles. The van der Waals surface area contributed by atoms with Crippen molar-refractivity contribution in [2.45, 2.75) is 32.8 Å². The van der Waals surface area contributed by atoms with E-state index in [2.05, 4.69) is 10.0 Å². The Morgan fingerprint density at radius 3 is 2.81 bits per heavy atom. The van der Waals surface area contributed by atoms with Crippen LogP contribution in [0.3, 0.4) is 0 Å². The van der Waals surface area contributed by atoms with Crippen molar-refractivity contribution in [2.75, 3.05) is 18.1 Å². The van der Waals surface area contributed by atoms with Gasteiger partial charge in [-0.1, -0.05) is 12.0 Å². The van der Waals surface area contributed by atoms with Gasteiger partial charge in [0.1, 0.15) is 5.78 Å². The van der Waals surface area contributed by atoms with E-state index in [1.54, 1.807) is 18.7 Å². The number of nitrogens with zero attached hydrogens (tertiary/aromatic N) is 3. The number of thioether (sulfide) groups is 1. The molecule has 5 nitrogen and oxygen atoms in total. The lowest BCUT2D eigenvalue weighted by molar-refractivity contribution is -0.120. The average Bonchev–Trinajstić information content (AvgIpc) is 2.25. The maximum Gasteiger partial charge on any atom is 0.132 e. The van der Waals surface area contributed by atoms with Crippen LogP contribution in [0.15, 0.2) is 5.11 Å². The number of ketones is 1. The summed E-state index contributed by atoms with van der Waals surface area (Å²) in [5, 5.41) is 12.7. The molecular formula is C10H19N3O2S. The van der Waals surface area contributed by atoms with Crippen molar-refractivity contribution in [2.24, 2.45) is 11.0 Å². The van der Waals surface area contributed by atoms with Gasteiger partial charge < -0.3 is 5.11 Å². The maximum absolute atomic E-state index is 11.1. The van der Waals surface area contributed by atoms with Crippen LogP contribution < -0.4 is 0 Å². The van der Waals surface area contributed by atoms with Crippen LogP contribution in [0, 0.1) is 5.92 Å². The third kappa shape index (κ3) is 7.56. The van der Waals surface area contributed by atoms with Crippen molar-refractivity contribution < 1.29 is 9.90 Å². The van der Waals surface area contributed by atoms with Crippen molar-refractivity contribution in [3.8, 4) is 0 Å². The molecule has 0 aromatic rings. The molecule has 6 heteroatoms. The molecule has 0 saturated heterocycles. The molecule has 16 heavy (non-hydrogen) atoms. The Kier molecular flexibility index (Phi) is 9.09. The zero-order chi connectivity index (χ0) is 12.4. The number of aliphatic hydroxyl groups is 1. The van der Waals surface area contributed by atoms with Crippen molar-refractivity contribution in [3.63, 3.8) is 0 Å². The van der Waals surface area contributed by atoms with Gasteiger partial charge in [0.05, 0.1) is 12.6 Å². The summed E-state index contributed by atoms with van der Waals surface area (Å²) in [6, 6.07) is 0. The van der Waals surface area contributed by atoms with E-state index in [0.717, 1.165) is 18.6 Å². The van der Waals surface area contributed by atoms with E-state index < -0.39 is 6.10 Å². The van der Waals surface area contributed by atoms with Gasteiger partial charge in [0.15, 0.2) is 0 Å². The molecule has 0 aromatic heterocycles. The Morgan fingerprint density at radius 2 is 2.31 bits per heavy atom. The van der Waals surface area contributed by atoms with Crippen molar-refractivity contribution in [1.82, 2.24) is 0 Å². The van der Waals surface area contributed by atoms with Crippen LogP contribution in [0.4, 0.5) is 0 Å². The summed E-state index contributed by atoms with van der Waals surface area (Å²) >= 11 is 1.59. The van der Waals surface area contributed by atoms with E-state index in [0.29, 0.717) is 5.75 Å². The smallest absolute Gasteiger partial charge is 0.132 e. The molecule has 0 amide bonds. The molecule has 0 heterocycles. The Hall–Kier alpha value is -0.710. The standard InChI is InChI=1S/C10H19N3O2S/c1-3-9(8(2)14)4-5-16-7-10(15)6-12-13-11/h9-10,15H,3-7H2,1-2H3/t9-,10?/m0/s1. The number of carbonyl (C=O) groups is 1. The number of aliphatic hydroxyl groups excluding tert-OH is 1. The summed E-state index contributed by atoms with van der Waals surface area (Å²) < 4.78 is 0. The van der Waals surface area contributed by atoms with Gasteiger partial charge in [-0.15, -0.1) is 0 Å². The van der Waals surface area contributed by atoms with Gasteiger partial charge in [-0.3, -0.25) is 4.79 Å². The van der Waals surface area contributed by atoms with Crippen molar-refractivity contribution >= 4 is 17.5 Å². The fourth-order valence-corrected chi connectivity index (χ4v) is 2.32. The zero-order valence-electron chi connectivity index (χ0n) is 9.80. The van der Waals surface area contributed by atoms with Crippen LogP contribution in [0.25, 0.3) is 10.4 Å². The Labute approximate surface area is 100 Å². The van der Waals surface area contributed by atoms with E-state index >= 15 is 0 Å². The van der Waals surface area contributed by atoms with Crippen LogP contribution >= 0.6 is 11.8 Å². The topological polar surface area (TPSA) is 86.1 Å². The summed E-state index contributed by atoms with van der Waals surface area (Å²) in [5.41, 5.74) is 8.06. The summed E-state index contributed by atoms with van der Waals surface area (Å²) in [5.74, 6) is 1.78. The van der Waals surface area contributed by atoms with Gasteiger partial charge >= 0.3 is 0 Å². The van der Waals surface area contributed by atoms with Crippen LogP contribution in [0.2, 0.25) is 0 Å². The molecular weight excluding hydrogens is 226 g/mol. The van der Waals surface area contributed by atoms with E-state index in [1.807, 2.05) is 6.92 Å². The lowest BCUT2D eigenvalue weighted by Gasteiger charge is -2.11. The average molecular weight is 245 g/mol. The third-order valence-corrected chi connectivity index (χ3v) is 3.49. The third-order valence-electron chi connectivity index (χ3n) is 2.34. The molecule has 2 atom stereocenters. The van der Waals surface area contributed by atoms with Gasteiger partial charge in [-0.2, -0.15) is 11.8 Å². The van der Waals surface area contributed by atoms with E-state index in [1.165, 1.54) is 0 Å². The van der Waals surface area contributed by atoms with Gasteiger partial charge in [0.2, 0.25) is 0 Å². The highest BCUT2D eigenvalue weighted by atomic mass is 32.2. The molecule has 92 valence electrons. The van der Waals surface area contributed by atoms with Gasteiger partial charge in [-0.05, 0) is 31.0 Å². The van der Waals surface area contributed by atoms with Crippen LogP contribution in [-0.4, -0.2) is 35.0 Å². The van der Waals surface area contributed by atoms with Crippen LogP contribution in [0.1, 0.15) is 26.7 Å². The molecule has 0 saturated carbocycles. The normalized spacial score (nSPS) is 13.9. The van der Waals surface area contributed by atoms with Crippen molar-refractivity contribution in [3.05, 3.63) is 10.4 Å². The Morgan fingerprint density at radius 1 is 1.62 bits per heavy atom. The monoisotopic (exact) mass is 245 g/mol. The second kappa shape index (κ2) is 9.51. The van der Waals surface area contributed by atoms with Gasteiger partial charge in [-0.25, -0.2) is 0 Å². The number of hydrogen-bond donors (Lipinski definition) is 1. The summed E-state index contributed by atoms with van der Waals surface area (Å²) in [7, 11) is 0. The number of carbonyl (C=O) groups excluding carboxylic acids is 1. The van der Waals surface area contributed by atoms with Crippen molar-refractivity contribution in [1.29, 1.82) is 0 Å². The molecule has 0 spiro atoms. The van der Waals surface area contributed by atoms with Gasteiger partial charge in [0.25, 0.3) is 0 Å². The first-order valence-corrected chi connectivity index (χ1v) is 6.54. The first kappa shape index (κ1) is 15.3. The van der Waals surface area contributed by atoms with Crippen LogP contribution in [0.5, 0.6) is 0 Å². The number of rotatable bonds is 9. The first-order valence-electron chi connectivity index (χ1n) is 5.38. The summed E-state index contributed by atoms with van der Waals surface area (Å²) in [6.45, 7) is 3.75. The molecule has 0 aliphatic carbocycles. The highest BCUT2D eigenvalue weighted by Gasteiger charge is 2.11. The summed E-state index contributed by atoms with van der Waals surface area (Å²) in [4.78, 5) is 13.7. The first-order chi connectivity index (χ1) is 7.61. The predicted molar refractivity (Wildman–Crippen MR) is 66.4 cm³/mol. The van der Waals surface area contributed by atoms with E-state index in [4.69, 9.17) is 5.53 Å². The molecule has 0 fully saturated rings.